The van der Waals surface area contributed by atoms with Crippen molar-refractivity contribution in [1.29, 1.82) is 0 Å². The van der Waals surface area contributed by atoms with Gasteiger partial charge in [-0.25, -0.2) is 4.39 Å². The Morgan fingerprint density at radius 3 is 2.50 bits per heavy atom. The van der Waals surface area contributed by atoms with Gasteiger partial charge >= 0.3 is 0 Å². The van der Waals surface area contributed by atoms with Crippen molar-refractivity contribution in [2.24, 2.45) is 0 Å². The van der Waals surface area contributed by atoms with E-state index >= 15 is 0 Å². The fourth-order valence-corrected chi connectivity index (χ4v) is 4.26. The number of thioether (sulfide) groups is 1. The number of carbonyl (C=O) groups is 3. The van der Waals surface area contributed by atoms with Crippen LogP contribution in [0.1, 0.15) is 5.56 Å². The molecule has 7 nitrogen and oxygen atoms in total. The summed E-state index contributed by atoms with van der Waals surface area (Å²) in [5, 5.41) is 1.76. The molecule has 0 saturated carbocycles. The number of benzene rings is 3. The van der Waals surface area contributed by atoms with E-state index in [9.17, 15) is 18.8 Å². The van der Waals surface area contributed by atoms with E-state index in [1.807, 2.05) is 30.3 Å². The van der Waals surface area contributed by atoms with E-state index in [1.165, 1.54) is 12.1 Å². The second-order valence-electron chi connectivity index (χ2n) is 7.49. The first-order valence-electron chi connectivity index (χ1n) is 10.8. The van der Waals surface area contributed by atoms with Gasteiger partial charge in [-0.3, -0.25) is 19.3 Å². The number of rotatable bonds is 9. The van der Waals surface area contributed by atoms with Crippen molar-refractivity contribution < 1.29 is 28.2 Å². The first-order chi connectivity index (χ1) is 17.4. The minimum atomic E-state index is -0.626. The van der Waals surface area contributed by atoms with E-state index in [2.05, 4.69) is 5.32 Å². The summed E-state index contributed by atoms with van der Waals surface area (Å²) in [5.74, 6) is -0.594. The van der Waals surface area contributed by atoms with E-state index in [1.54, 1.807) is 30.3 Å². The van der Waals surface area contributed by atoms with Gasteiger partial charge in [0, 0.05) is 11.3 Å². The molecule has 10 heteroatoms. The van der Waals surface area contributed by atoms with Crippen molar-refractivity contribution >= 4 is 52.2 Å². The summed E-state index contributed by atoms with van der Waals surface area (Å²) >= 11 is 6.45. The van der Waals surface area contributed by atoms with Crippen LogP contribution < -0.4 is 14.8 Å². The Kier molecular flexibility index (Phi) is 8.24. The number of hydrogen-bond acceptors (Lipinski definition) is 6. The number of nitrogens with one attached hydrogen (secondary N) is 1. The van der Waals surface area contributed by atoms with Crippen molar-refractivity contribution in [2.75, 3.05) is 25.1 Å². The Labute approximate surface area is 215 Å². The molecule has 1 aliphatic rings. The van der Waals surface area contributed by atoms with Gasteiger partial charge in [-0.1, -0.05) is 48.0 Å². The number of para-hydroxylation sites is 2. The quantitative estimate of drug-likeness (QED) is 0.288. The molecule has 1 heterocycles. The molecule has 0 radical (unpaired) electrons. The molecule has 3 aromatic carbocycles. The van der Waals surface area contributed by atoms with Crippen molar-refractivity contribution in [3.8, 4) is 11.5 Å². The number of carbonyl (C=O) groups excluding carboxylic acids is 3. The normalized spacial score (nSPS) is 14.3. The van der Waals surface area contributed by atoms with Gasteiger partial charge in [-0.15, -0.1) is 0 Å². The summed E-state index contributed by atoms with van der Waals surface area (Å²) in [4.78, 5) is 38.6. The number of amides is 3. The van der Waals surface area contributed by atoms with E-state index in [-0.39, 0.29) is 22.2 Å². The Morgan fingerprint density at radius 2 is 1.72 bits per heavy atom. The van der Waals surface area contributed by atoms with Crippen LogP contribution in [-0.2, 0) is 9.59 Å². The van der Waals surface area contributed by atoms with Crippen LogP contribution >= 0.6 is 23.4 Å². The van der Waals surface area contributed by atoms with Gasteiger partial charge in [-0.2, -0.15) is 0 Å². The second kappa shape index (κ2) is 11.7. The molecule has 0 atom stereocenters. The molecule has 0 bridgehead atoms. The third-order valence-electron chi connectivity index (χ3n) is 4.94. The van der Waals surface area contributed by atoms with Crippen molar-refractivity contribution in [1.82, 2.24) is 4.90 Å². The summed E-state index contributed by atoms with van der Waals surface area (Å²) in [5.41, 5.74) is 0.851. The first-order valence-corrected chi connectivity index (χ1v) is 12.0. The monoisotopic (exact) mass is 526 g/mol. The predicted octanol–water partition coefficient (Wildman–Crippen LogP) is 5.61. The van der Waals surface area contributed by atoms with Gasteiger partial charge in [0.05, 0.1) is 9.93 Å². The molecule has 1 N–H and O–H groups in total. The third kappa shape index (κ3) is 6.44. The number of imide groups is 1. The topological polar surface area (TPSA) is 84.9 Å². The molecular formula is C26H20ClFN2O5S. The minimum absolute atomic E-state index is 0.158. The van der Waals surface area contributed by atoms with Crippen LogP contribution in [-0.4, -0.2) is 41.7 Å². The van der Waals surface area contributed by atoms with Crippen molar-refractivity contribution in [2.45, 2.75) is 0 Å². The van der Waals surface area contributed by atoms with Gasteiger partial charge < -0.3 is 14.8 Å². The SMILES string of the molecule is O=C(CN1C(=O)S/C(=C/c2ccccc2OCCOc2ccccc2)C1=O)Nc1ccc(F)c(Cl)c1. The molecule has 0 spiro atoms. The van der Waals surface area contributed by atoms with Crippen LogP contribution in [0.3, 0.4) is 0 Å². The maximum atomic E-state index is 13.3. The summed E-state index contributed by atoms with van der Waals surface area (Å²) < 4.78 is 24.7. The summed E-state index contributed by atoms with van der Waals surface area (Å²) in [6.07, 6.45) is 1.55. The standard InChI is InChI=1S/C26H20ClFN2O5S/c27-20-15-18(10-11-21(20)28)29-24(31)16-30-25(32)23(36-26(30)33)14-17-6-4-5-9-22(17)35-13-12-34-19-7-2-1-3-8-19/h1-11,14-15H,12-13,16H2,(H,29,31)/b23-14+. The number of halogens is 2. The smallest absolute Gasteiger partial charge is 0.294 e. The molecule has 36 heavy (non-hydrogen) atoms. The van der Waals surface area contributed by atoms with E-state index in [4.69, 9.17) is 21.1 Å². The summed E-state index contributed by atoms with van der Waals surface area (Å²) in [6, 6.07) is 20.1. The van der Waals surface area contributed by atoms with Crippen LogP contribution in [0.25, 0.3) is 6.08 Å². The van der Waals surface area contributed by atoms with E-state index < -0.39 is 29.4 Å². The molecule has 0 unspecified atom stereocenters. The molecule has 3 amide bonds. The molecule has 1 fully saturated rings. The molecule has 1 saturated heterocycles. The van der Waals surface area contributed by atoms with Crippen LogP contribution in [0.2, 0.25) is 5.02 Å². The average molecular weight is 527 g/mol. The van der Waals surface area contributed by atoms with Gasteiger partial charge in [0.25, 0.3) is 11.1 Å². The highest BCUT2D eigenvalue weighted by molar-refractivity contribution is 8.18. The highest BCUT2D eigenvalue weighted by Crippen LogP contribution is 2.34. The summed E-state index contributed by atoms with van der Waals surface area (Å²) in [6.45, 7) is 0.101. The lowest BCUT2D eigenvalue weighted by molar-refractivity contribution is -0.127. The van der Waals surface area contributed by atoms with Gasteiger partial charge in [0.1, 0.15) is 37.1 Å². The lowest BCUT2D eigenvalue weighted by Gasteiger charge is -2.13. The van der Waals surface area contributed by atoms with E-state index in [0.29, 0.717) is 17.9 Å². The Morgan fingerprint density at radius 1 is 1.00 bits per heavy atom. The molecule has 184 valence electrons. The molecule has 0 aliphatic carbocycles. The fourth-order valence-electron chi connectivity index (χ4n) is 3.25. The van der Waals surface area contributed by atoms with Crippen LogP contribution in [0.4, 0.5) is 14.9 Å². The molecule has 0 aromatic heterocycles. The maximum Gasteiger partial charge on any atom is 0.294 e. The van der Waals surface area contributed by atoms with Gasteiger partial charge in [0.15, 0.2) is 0 Å². The molecule has 1 aliphatic heterocycles. The molecular weight excluding hydrogens is 507 g/mol. The van der Waals surface area contributed by atoms with E-state index in [0.717, 1.165) is 28.5 Å². The average Bonchev–Trinajstić information content (AvgIpc) is 3.13. The second-order valence-corrected chi connectivity index (χ2v) is 8.89. The lowest BCUT2D eigenvalue weighted by Crippen LogP contribution is -2.36. The predicted molar refractivity (Wildman–Crippen MR) is 137 cm³/mol. The zero-order valence-electron chi connectivity index (χ0n) is 18.8. The largest absolute Gasteiger partial charge is 0.490 e. The van der Waals surface area contributed by atoms with Gasteiger partial charge in [-0.05, 0) is 54.2 Å². The zero-order chi connectivity index (χ0) is 25.5. The first kappa shape index (κ1) is 25.3. The molecule has 3 aromatic rings. The summed E-state index contributed by atoms with van der Waals surface area (Å²) in [7, 11) is 0. The van der Waals surface area contributed by atoms with Crippen LogP contribution in [0, 0.1) is 5.82 Å². The fraction of sp³-hybridized carbons (Fsp3) is 0.115. The van der Waals surface area contributed by atoms with Gasteiger partial charge in [0.2, 0.25) is 5.91 Å². The highest BCUT2D eigenvalue weighted by atomic mass is 35.5. The Bertz CT molecular complexity index is 1320. The number of nitrogens with zero attached hydrogens (tertiary/aromatic N) is 1. The maximum absolute atomic E-state index is 13.3. The number of hydrogen-bond donors (Lipinski definition) is 1. The van der Waals surface area contributed by atoms with Crippen LogP contribution in [0.5, 0.6) is 11.5 Å². The third-order valence-corrected chi connectivity index (χ3v) is 6.13. The number of ether oxygens (including phenoxy) is 2. The van der Waals surface area contributed by atoms with Crippen molar-refractivity contribution in [3.05, 3.63) is 94.1 Å². The molecule has 4 rings (SSSR count). The highest BCUT2D eigenvalue weighted by Gasteiger charge is 2.36. The Balaban J connectivity index is 1.37. The zero-order valence-corrected chi connectivity index (χ0v) is 20.4. The van der Waals surface area contributed by atoms with Crippen LogP contribution in [0.15, 0.2) is 77.7 Å². The lowest BCUT2D eigenvalue weighted by atomic mass is 10.2. The Hall–Kier alpha value is -3.82. The number of anilines is 1. The minimum Gasteiger partial charge on any atom is -0.490 e. The van der Waals surface area contributed by atoms with Crippen molar-refractivity contribution in [3.63, 3.8) is 0 Å².